The maximum atomic E-state index is 12.1. The summed E-state index contributed by atoms with van der Waals surface area (Å²) in [5.74, 6) is 1.08. The number of anilines is 1. The Bertz CT molecular complexity index is 803. The predicted molar refractivity (Wildman–Crippen MR) is 86.5 cm³/mol. The van der Waals surface area contributed by atoms with Crippen molar-refractivity contribution in [2.75, 3.05) is 23.7 Å². The van der Waals surface area contributed by atoms with Crippen LogP contribution < -0.4 is 4.31 Å². The molecule has 0 fully saturated rings. The third kappa shape index (κ3) is 3.23. The normalized spacial score (nSPS) is 17.6. The monoisotopic (exact) mass is 336 g/mol. The van der Waals surface area contributed by atoms with Crippen LogP contribution in [0.3, 0.4) is 0 Å². The highest BCUT2D eigenvalue weighted by atomic mass is 32.2. The van der Waals surface area contributed by atoms with Crippen LogP contribution in [-0.4, -0.2) is 42.9 Å². The highest BCUT2D eigenvalue weighted by Crippen LogP contribution is 2.30. The van der Waals surface area contributed by atoms with Crippen molar-refractivity contribution in [2.45, 2.75) is 26.4 Å². The molecule has 2 aromatic rings. The Balaban J connectivity index is 1.94. The van der Waals surface area contributed by atoms with Gasteiger partial charge in [-0.3, -0.25) is 9.21 Å². The van der Waals surface area contributed by atoms with Crippen LogP contribution in [0.15, 0.2) is 28.7 Å². The first kappa shape index (κ1) is 15.9. The third-order valence-corrected chi connectivity index (χ3v) is 5.25. The number of nitrogens with zero attached hydrogens (tertiary/aromatic N) is 4. The number of aromatic nitrogens is 2. The van der Waals surface area contributed by atoms with Crippen LogP contribution in [0.1, 0.15) is 30.3 Å². The van der Waals surface area contributed by atoms with E-state index in [9.17, 15) is 8.42 Å². The van der Waals surface area contributed by atoms with Gasteiger partial charge in [-0.25, -0.2) is 8.42 Å². The zero-order valence-corrected chi connectivity index (χ0v) is 14.2. The largest absolute Gasteiger partial charge is 0.424 e. The van der Waals surface area contributed by atoms with Crippen molar-refractivity contribution >= 4 is 15.7 Å². The van der Waals surface area contributed by atoms with Gasteiger partial charge in [-0.05, 0) is 18.6 Å². The molecule has 0 saturated heterocycles. The highest BCUT2D eigenvalue weighted by molar-refractivity contribution is 7.92. The van der Waals surface area contributed by atoms with Gasteiger partial charge in [0.05, 0.1) is 18.0 Å². The Hall–Kier alpha value is -1.93. The maximum Gasteiger partial charge on any atom is 0.233 e. The van der Waals surface area contributed by atoms with E-state index in [0.29, 0.717) is 31.4 Å². The first-order valence-electron chi connectivity index (χ1n) is 7.46. The summed E-state index contributed by atoms with van der Waals surface area (Å²) in [7, 11) is -3.32. The Morgan fingerprint density at radius 2 is 1.96 bits per heavy atom. The molecule has 0 amide bonds. The SMILES string of the molecule is Cc1nnc(C(C)N2CCN(S(C)(=O)=O)c3ccccc3C2)o1. The molecule has 0 N–H and O–H groups in total. The molecular formula is C15H20N4O3S. The molecule has 0 spiro atoms. The summed E-state index contributed by atoms with van der Waals surface area (Å²) in [6.07, 6.45) is 1.24. The fourth-order valence-corrected chi connectivity index (χ4v) is 3.79. The lowest BCUT2D eigenvalue weighted by Crippen LogP contribution is -2.36. The topological polar surface area (TPSA) is 79.5 Å². The van der Waals surface area contributed by atoms with E-state index in [0.717, 1.165) is 11.3 Å². The molecule has 1 aliphatic rings. The summed E-state index contributed by atoms with van der Waals surface area (Å²) in [6.45, 7) is 5.36. The quantitative estimate of drug-likeness (QED) is 0.849. The van der Waals surface area contributed by atoms with E-state index < -0.39 is 10.0 Å². The van der Waals surface area contributed by atoms with Crippen molar-refractivity contribution in [1.29, 1.82) is 0 Å². The second-order valence-electron chi connectivity index (χ2n) is 5.77. The van der Waals surface area contributed by atoms with Crippen LogP contribution in [0.5, 0.6) is 0 Å². The Morgan fingerprint density at radius 1 is 1.22 bits per heavy atom. The first-order chi connectivity index (χ1) is 10.9. The summed E-state index contributed by atoms with van der Waals surface area (Å²) in [6, 6.07) is 7.50. The van der Waals surface area contributed by atoms with Crippen LogP contribution in [0.2, 0.25) is 0 Å². The van der Waals surface area contributed by atoms with Gasteiger partial charge in [0.2, 0.25) is 21.8 Å². The van der Waals surface area contributed by atoms with Gasteiger partial charge in [0.15, 0.2) is 0 Å². The number of hydrogen-bond acceptors (Lipinski definition) is 6. The van der Waals surface area contributed by atoms with Crippen LogP contribution in [0.25, 0.3) is 0 Å². The molecule has 0 aliphatic carbocycles. The number of rotatable bonds is 3. The number of aryl methyl sites for hydroxylation is 1. The minimum Gasteiger partial charge on any atom is -0.424 e. The number of hydrogen-bond donors (Lipinski definition) is 0. The number of sulfonamides is 1. The van der Waals surface area contributed by atoms with Crippen molar-refractivity contribution < 1.29 is 12.8 Å². The standard InChI is InChI=1S/C15H20N4O3S/c1-11(15-17-16-12(2)22-15)18-8-9-19(23(3,20)21)14-7-5-4-6-13(14)10-18/h4-7,11H,8-10H2,1-3H3. The van der Waals surface area contributed by atoms with Gasteiger partial charge in [0, 0.05) is 26.6 Å². The van der Waals surface area contributed by atoms with Gasteiger partial charge in [-0.15, -0.1) is 10.2 Å². The fraction of sp³-hybridized carbons (Fsp3) is 0.467. The molecule has 1 atom stereocenters. The summed E-state index contributed by atoms with van der Waals surface area (Å²) in [5.41, 5.74) is 1.71. The maximum absolute atomic E-state index is 12.1. The smallest absolute Gasteiger partial charge is 0.233 e. The van der Waals surface area contributed by atoms with Crippen molar-refractivity contribution in [3.05, 3.63) is 41.6 Å². The van der Waals surface area contributed by atoms with Crippen LogP contribution >= 0.6 is 0 Å². The molecule has 2 heterocycles. The lowest BCUT2D eigenvalue weighted by molar-refractivity contribution is 0.182. The minimum atomic E-state index is -3.32. The average Bonchev–Trinajstić information content (AvgIpc) is 2.82. The van der Waals surface area contributed by atoms with E-state index >= 15 is 0 Å². The van der Waals surface area contributed by atoms with Crippen LogP contribution in [-0.2, 0) is 16.6 Å². The number of para-hydroxylation sites is 1. The molecule has 1 aromatic carbocycles. The molecule has 1 unspecified atom stereocenters. The molecule has 1 aliphatic heterocycles. The fourth-order valence-electron chi connectivity index (χ4n) is 2.84. The zero-order chi connectivity index (χ0) is 16.6. The van der Waals surface area contributed by atoms with Crippen LogP contribution in [0, 0.1) is 6.92 Å². The lowest BCUT2D eigenvalue weighted by atomic mass is 10.1. The number of benzene rings is 1. The van der Waals surface area contributed by atoms with Crippen LogP contribution in [0.4, 0.5) is 5.69 Å². The van der Waals surface area contributed by atoms with Crippen molar-refractivity contribution in [2.24, 2.45) is 0 Å². The minimum absolute atomic E-state index is 0.0798. The Labute approximate surface area is 136 Å². The summed E-state index contributed by atoms with van der Waals surface area (Å²) in [4.78, 5) is 2.15. The van der Waals surface area contributed by atoms with E-state index in [2.05, 4.69) is 15.1 Å². The van der Waals surface area contributed by atoms with Crippen molar-refractivity contribution in [3.63, 3.8) is 0 Å². The molecule has 0 radical (unpaired) electrons. The molecular weight excluding hydrogens is 316 g/mol. The molecule has 7 nitrogen and oxygen atoms in total. The van der Waals surface area contributed by atoms with E-state index in [1.165, 1.54) is 10.6 Å². The Morgan fingerprint density at radius 3 is 2.61 bits per heavy atom. The van der Waals surface area contributed by atoms with E-state index in [-0.39, 0.29) is 6.04 Å². The molecule has 1 aromatic heterocycles. The second kappa shape index (κ2) is 5.93. The van der Waals surface area contributed by atoms with E-state index in [1.54, 1.807) is 6.92 Å². The summed E-state index contributed by atoms with van der Waals surface area (Å²) < 4.78 is 31.2. The van der Waals surface area contributed by atoms with E-state index in [4.69, 9.17) is 4.42 Å². The first-order valence-corrected chi connectivity index (χ1v) is 9.31. The Kier molecular flexibility index (Phi) is 4.11. The predicted octanol–water partition coefficient (Wildman–Crippen LogP) is 1.72. The molecule has 3 rings (SSSR count). The highest BCUT2D eigenvalue weighted by Gasteiger charge is 2.29. The average molecular weight is 336 g/mol. The summed E-state index contributed by atoms with van der Waals surface area (Å²) >= 11 is 0. The van der Waals surface area contributed by atoms with Gasteiger partial charge in [-0.2, -0.15) is 0 Å². The van der Waals surface area contributed by atoms with Crippen molar-refractivity contribution in [3.8, 4) is 0 Å². The van der Waals surface area contributed by atoms with Gasteiger partial charge in [-0.1, -0.05) is 18.2 Å². The zero-order valence-electron chi connectivity index (χ0n) is 13.4. The molecule has 23 heavy (non-hydrogen) atoms. The van der Waals surface area contributed by atoms with Gasteiger partial charge >= 0.3 is 0 Å². The van der Waals surface area contributed by atoms with Crippen molar-refractivity contribution in [1.82, 2.24) is 15.1 Å². The summed E-state index contributed by atoms with van der Waals surface area (Å²) in [5, 5.41) is 7.96. The molecule has 0 saturated carbocycles. The van der Waals surface area contributed by atoms with Gasteiger partial charge in [0.1, 0.15) is 0 Å². The molecule has 0 bridgehead atoms. The van der Waals surface area contributed by atoms with Gasteiger partial charge < -0.3 is 4.42 Å². The van der Waals surface area contributed by atoms with E-state index in [1.807, 2.05) is 31.2 Å². The lowest BCUT2D eigenvalue weighted by Gasteiger charge is -2.25. The molecule has 124 valence electrons. The number of fused-ring (bicyclic) bond motifs is 1. The van der Waals surface area contributed by atoms with Gasteiger partial charge in [0.25, 0.3) is 0 Å². The molecule has 8 heteroatoms. The third-order valence-electron chi connectivity index (χ3n) is 4.07. The second-order valence-corrected chi connectivity index (χ2v) is 7.68.